The Labute approximate surface area is 187 Å². The van der Waals surface area contributed by atoms with Gasteiger partial charge in [-0.3, -0.25) is 4.79 Å². The second kappa shape index (κ2) is 11.9. The zero-order valence-electron chi connectivity index (χ0n) is 19.7. The maximum absolute atomic E-state index is 12.5. The molecule has 5 heteroatoms. The van der Waals surface area contributed by atoms with Crippen molar-refractivity contribution in [1.82, 2.24) is 0 Å². The van der Waals surface area contributed by atoms with Gasteiger partial charge in [0.25, 0.3) is 0 Å². The molecule has 0 fully saturated rings. The van der Waals surface area contributed by atoms with E-state index in [0.717, 1.165) is 37.7 Å². The molecule has 1 atom stereocenters. The summed E-state index contributed by atoms with van der Waals surface area (Å²) in [6.07, 6.45) is 13.1. The highest BCUT2D eigenvalue weighted by Gasteiger charge is 2.34. The highest BCUT2D eigenvalue weighted by molar-refractivity contribution is 7.17. The van der Waals surface area contributed by atoms with E-state index in [1.54, 1.807) is 11.3 Å². The van der Waals surface area contributed by atoms with Gasteiger partial charge in [0.2, 0.25) is 5.91 Å². The molecule has 1 aromatic heterocycles. The van der Waals surface area contributed by atoms with Crippen molar-refractivity contribution in [2.24, 2.45) is 11.3 Å². The van der Waals surface area contributed by atoms with Crippen molar-refractivity contribution in [3.8, 4) is 0 Å². The van der Waals surface area contributed by atoms with Gasteiger partial charge < -0.3 is 10.1 Å². The van der Waals surface area contributed by atoms with E-state index in [-0.39, 0.29) is 17.3 Å². The molecule has 1 aliphatic carbocycles. The highest BCUT2D eigenvalue weighted by atomic mass is 32.1. The molecule has 0 saturated heterocycles. The summed E-state index contributed by atoms with van der Waals surface area (Å²) < 4.78 is 5.05. The normalized spacial score (nSPS) is 16.2. The molecule has 1 heterocycles. The Balaban J connectivity index is 1.93. The van der Waals surface area contributed by atoms with Gasteiger partial charge in [0.05, 0.1) is 12.7 Å². The second-order valence-electron chi connectivity index (χ2n) is 9.78. The van der Waals surface area contributed by atoms with Crippen LogP contribution in [0.15, 0.2) is 0 Å². The third-order valence-electron chi connectivity index (χ3n) is 6.39. The molecule has 1 unspecified atom stereocenters. The van der Waals surface area contributed by atoms with E-state index >= 15 is 0 Å². The second-order valence-corrected chi connectivity index (χ2v) is 10.9. The van der Waals surface area contributed by atoms with Crippen LogP contribution in [0, 0.1) is 11.3 Å². The Morgan fingerprint density at radius 2 is 1.70 bits per heavy atom. The van der Waals surface area contributed by atoms with E-state index in [1.165, 1.54) is 50.5 Å². The summed E-state index contributed by atoms with van der Waals surface area (Å²) in [4.78, 5) is 26.2. The lowest BCUT2D eigenvalue weighted by Crippen LogP contribution is -2.26. The molecule has 0 spiro atoms. The van der Waals surface area contributed by atoms with Crippen molar-refractivity contribution in [1.29, 1.82) is 0 Å². The first-order valence-electron chi connectivity index (χ1n) is 11.8. The van der Waals surface area contributed by atoms with Gasteiger partial charge in [-0.1, -0.05) is 72.6 Å². The van der Waals surface area contributed by atoms with Crippen molar-refractivity contribution in [2.75, 3.05) is 12.4 Å². The number of methoxy groups -OCH3 is 1. The number of rotatable bonds is 11. The fourth-order valence-corrected chi connectivity index (χ4v) is 5.67. The van der Waals surface area contributed by atoms with Crippen LogP contribution in [-0.2, 0) is 22.4 Å². The number of amides is 1. The predicted molar refractivity (Wildman–Crippen MR) is 126 cm³/mol. The summed E-state index contributed by atoms with van der Waals surface area (Å²) in [5.74, 6) is 0.274. The number of carbonyl (C=O) groups excluding carboxylic acids is 2. The largest absolute Gasteiger partial charge is 0.465 e. The molecule has 1 amide bonds. The van der Waals surface area contributed by atoms with Crippen LogP contribution in [0.25, 0.3) is 0 Å². The maximum atomic E-state index is 12.5. The van der Waals surface area contributed by atoms with Gasteiger partial charge in [-0.2, -0.15) is 0 Å². The molecule has 0 aromatic carbocycles. The SMILES string of the molecule is CCCCCCCCCCC(=O)Nc1sc2c(c1C(=O)OC)CCC(C(C)(C)C)C2. The van der Waals surface area contributed by atoms with Gasteiger partial charge in [-0.25, -0.2) is 4.79 Å². The van der Waals surface area contributed by atoms with E-state index in [2.05, 4.69) is 33.0 Å². The van der Waals surface area contributed by atoms with Crippen LogP contribution in [0.2, 0.25) is 0 Å². The molecule has 1 aromatic rings. The zero-order valence-corrected chi connectivity index (χ0v) is 20.5. The van der Waals surface area contributed by atoms with Gasteiger partial charge in [0, 0.05) is 11.3 Å². The molecular weight excluding hydrogens is 394 g/mol. The number of ether oxygens (including phenoxy) is 1. The van der Waals surface area contributed by atoms with E-state index in [9.17, 15) is 9.59 Å². The minimum Gasteiger partial charge on any atom is -0.465 e. The predicted octanol–water partition coefficient (Wildman–Crippen LogP) is 7.16. The molecule has 1 N–H and O–H groups in total. The molecule has 2 rings (SSSR count). The molecular formula is C25H41NO3S. The zero-order chi connectivity index (χ0) is 22.1. The van der Waals surface area contributed by atoms with Gasteiger partial charge >= 0.3 is 5.97 Å². The molecule has 4 nitrogen and oxygen atoms in total. The maximum Gasteiger partial charge on any atom is 0.341 e. The van der Waals surface area contributed by atoms with Crippen LogP contribution < -0.4 is 5.32 Å². The summed E-state index contributed by atoms with van der Waals surface area (Å²) >= 11 is 1.58. The van der Waals surface area contributed by atoms with Crippen LogP contribution in [0.4, 0.5) is 5.00 Å². The van der Waals surface area contributed by atoms with Gasteiger partial charge in [0.1, 0.15) is 5.00 Å². The average molecular weight is 436 g/mol. The van der Waals surface area contributed by atoms with Crippen LogP contribution in [0.5, 0.6) is 0 Å². The van der Waals surface area contributed by atoms with Crippen LogP contribution in [0.1, 0.15) is 113 Å². The number of anilines is 1. The number of carbonyl (C=O) groups is 2. The van der Waals surface area contributed by atoms with Crippen LogP contribution >= 0.6 is 11.3 Å². The van der Waals surface area contributed by atoms with Crippen molar-refractivity contribution >= 4 is 28.2 Å². The molecule has 0 aliphatic heterocycles. The number of unbranched alkanes of at least 4 members (excludes halogenated alkanes) is 7. The van der Waals surface area contributed by atoms with Gasteiger partial charge in [-0.05, 0) is 42.6 Å². The van der Waals surface area contributed by atoms with E-state index < -0.39 is 0 Å². The smallest absolute Gasteiger partial charge is 0.341 e. The average Bonchev–Trinajstić information content (AvgIpc) is 3.05. The first kappa shape index (κ1) is 24.9. The van der Waals surface area contributed by atoms with Gasteiger partial charge in [-0.15, -0.1) is 11.3 Å². The summed E-state index contributed by atoms with van der Waals surface area (Å²) in [6.45, 7) is 9.08. The first-order valence-corrected chi connectivity index (χ1v) is 12.6. The lowest BCUT2D eigenvalue weighted by molar-refractivity contribution is -0.116. The number of esters is 1. The first-order chi connectivity index (χ1) is 14.3. The summed E-state index contributed by atoms with van der Waals surface area (Å²) in [7, 11) is 1.42. The Hall–Kier alpha value is -1.36. The standard InChI is InChI=1S/C25H41NO3S/c1-6-7-8-9-10-11-12-13-14-21(27)26-23-22(24(28)29-5)19-16-15-18(25(2,3)4)17-20(19)30-23/h18H,6-17H2,1-5H3,(H,26,27). The minimum atomic E-state index is -0.330. The summed E-state index contributed by atoms with van der Waals surface area (Å²) in [5, 5.41) is 3.72. The Bertz CT molecular complexity index is 702. The number of fused-ring (bicyclic) bond motifs is 1. The van der Waals surface area contributed by atoms with Gasteiger partial charge in [0.15, 0.2) is 0 Å². The molecule has 0 saturated carbocycles. The van der Waals surface area contributed by atoms with E-state index in [4.69, 9.17) is 4.74 Å². The monoisotopic (exact) mass is 435 g/mol. The molecule has 0 bridgehead atoms. The topological polar surface area (TPSA) is 55.4 Å². The number of nitrogens with one attached hydrogen (secondary N) is 1. The van der Waals surface area contributed by atoms with Crippen molar-refractivity contribution in [3.05, 3.63) is 16.0 Å². The van der Waals surface area contributed by atoms with Crippen LogP contribution in [-0.4, -0.2) is 19.0 Å². The third-order valence-corrected chi connectivity index (χ3v) is 7.56. The van der Waals surface area contributed by atoms with E-state index in [1.807, 2.05) is 0 Å². The van der Waals surface area contributed by atoms with Crippen molar-refractivity contribution < 1.29 is 14.3 Å². The highest BCUT2D eigenvalue weighted by Crippen LogP contribution is 2.44. The number of hydrogen-bond acceptors (Lipinski definition) is 4. The quantitative estimate of drug-likeness (QED) is 0.296. The molecule has 170 valence electrons. The number of thiophene rings is 1. The van der Waals surface area contributed by atoms with E-state index in [0.29, 0.717) is 22.9 Å². The van der Waals surface area contributed by atoms with Crippen molar-refractivity contribution in [2.45, 2.75) is 105 Å². The van der Waals surface area contributed by atoms with Crippen LogP contribution in [0.3, 0.4) is 0 Å². The lowest BCUT2D eigenvalue weighted by Gasteiger charge is -2.33. The Kier molecular flexibility index (Phi) is 9.86. The Morgan fingerprint density at radius 1 is 1.07 bits per heavy atom. The third kappa shape index (κ3) is 7.11. The fourth-order valence-electron chi connectivity index (χ4n) is 4.34. The minimum absolute atomic E-state index is 0.0112. The van der Waals surface area contributed by atoms with Crippen molar-refractivity contribution in [3.63, 3.8) is 0 Å². The summed E-state index contributed by atoms with van der Waals surface area (Å²) in [5.41, 5.74) is 1.93. The molecule has 0 radical (unpaired) electrons. The Morgan fingerprint density at radius 3 is 2.30 bits per heavy atom. The number of hydrogen-bond donors (Lipinski definition) is 1. The fraction of sp³-hybridized carbons (Fsp3) is 0.760. The molecule has 30 heavy (non-hydrogen) atoms. The summed E-state index contributed by atoms with van der Waals surface area (Å²) in [6, 6.07) is 0. The molecule has 1 aliphatic rings. The lowest BCUT2D eigenvalue weighted by atomic mass is 9.72.